The highest BCUT2D eigenvalue weighted by molar-refractivity contribution is 9.10. The second-order valence-electron chi connectivity index (χ2n) is 3.23. The van der Waals surface area contributed by atoms with Crippen molar-refractivity contribution in [3.8, 4) is 11.3 Å². The Morgan fingerprint density at radius 3 is 2.93 bits per heavy atom. The van der Waals surface area contributed by atoms with Crippen LogP contribution in [0.5, 0.6) is 0 Å². The largest absolute Gasteiger partial charge is 0.329 e. The molecular weight excluding hydrogens is 256 g/mol. The van der Waals surface area contributed by atoms with Crippen molar-refractivity contribution in [3.05, 3.63) is 51.0 Å². The Kier molecular flexibility index (Phi) is 2.68. The van der Waals surface area contributed by atoms with Crippen molar-refractivity contribution in [1.82, 2.24) is 9.97 Å². The molecule has 0 aromatic carbocycles. The topological polar surface area (TPSA) is 45.8 Å². The van der Waals surface area contributed by atoms with Crippen molar-refractivity contribution in [1.29, 1.82) is 0 Å². The van der Waals surface area contributed by atoms with Crippen LogP contribution in [0.15, 0.2) is 39.9 Å². The van der Waals surface area contributed by atoms with Crippen LogP contribution >= 0.6 is 15.9 Å². The molecule has 1 N–H and O–H groups in total. The summed E-state index contributed by atoms with van der Waals surface area (Å²) in [7, 11) is 0. The summed E-state index contributed by atoms with van der Waals surface area (Å²) in [6.07, 6.45) is 3.31. The van der Waals surface area contributed by atoms with Gasteiger partial charge in [0, 0.05) is 16.9 Å². The van der Waals surface area contributed by atoms with Gasteiger partial charge in [0.2, 0.25) is 0 Å². The van der Waals surface area contributed by atoms with E-state index in [0.717, 1.165) is 10.0 Å². The van der Waals surface area contributed by atoms with Crippen LogP contribution in [0.4, 0.5) is 0 Å². The van der Waals surface area contributed by atoms with Gasteiger partial charge in [0.05, 0.1) is 11.3 Å². The lowest BCUT2D eigenvalue weighted by molar-refractivity contribution is 1.20. The number of aryl methyl sites for hydroxylation is 1. The summed E-state index contributed by atoms with van der Waals surface area (Å²) in [5.74, 6) is 0. The molecule has 0 aliphatic heterocycles. The molecule has 0 amide bonds. The van der Waals surface area contributed by atoms with Gasteiger partial charge in [-0.25, -0.2) is 0 Å². The summed E-state index contributed by atoms with van der Waals surface area (Å²) in [5, 5.41) is 0. The smallest absolute Gasteiger partial charge is 0.257 e. The summed E-state index contributed by atoms with van der Waals surface area (Å²) in [5.41, 5.74) is 2.22. The van der Waals surface area contributed by atoms with Crippen LogP contribution in [-0.2, 0) is 0 Å². The fourth-order valence-electron chi connectivity index (χ4n) is 1.31. The second kappa shape index (κ2) is 3.98. The van der Waals surface area contributed by atoms with Gasteiger partial charge in [-0.15, -0.1) is 0 Å². The number of pyridine rings is 2. The van der Waals surface area contributed by atoms with Crippen LogP contribution in [0.1, 0.15) is 5.56 Å². The van der Waals surface area contributed by atoms with Crippen molar-refractivity contribution >= 4 is 15.9 Å². The zero-order valence-corrected chi connectivity index (χ0v) is 9.71. The Morgan fingerprint density at radius 1 is 1.47 bits per heavy atom. The highest BCUT2D eigenvalue weighted by Crippen LogP contribution is 2.19. The maximum Gasteiger partial charge on any atom is 0.257 e. The third-order valence-corrected chi connectivity index (χ3v) is 2.97. The number of halogens is 1. The predicted octanol–water partition coefficient (Wildman–Crippen LogP) is 2.51. The molecule has 76 valence electrons. The highest BCUT2D eigenvalue weighted by Gasteiger charge is 2.04. The van der Waals surface area contributed by atoms with Crippen LogP contribution in [0.2, 0.25) is 0 Å². The number of H-pyrrole nitrogens is 1. The van der Waals surface area contributed by atoms with Crippen molar-refractivity contribution < 1.29 is 0 Å². The first-order valence-corrected chi connectivity index (χ1v) is 5.28. The zero-order chi connectivity index (χ0) is 10.8. The second-order valence-corrected chi connectivity index (χ2v) is 4.09. The minimum absolute atomic E-state index is 0.119. The molecule has 0 saturated heterocycles. The van der Waals surface area contributed by atoms with Gasteiger partial charge in [0.15, 0.2) is 0 Å². The predicted molar refractivity (Wildman–Crippen MR) is 62.7 cm³/mol. The monoisotopic (exact) mass is 264 g/mol. The molecule has 0 fully saturated rings. The number of rotatable bonds is 1. The van der Waals surface area contributed by atoms with Crippen LogP contribution in [0.25, 0.3) is 11.3 Å². The fourth-order valence-corrected chi connectivity index (χ4v) is 1.53. The molecule has 0 aliphatic rings. The van der Waals surface area contributed by atoms with E-state index in [-0.39, 0.29) is 5.56 Å². The number of hydrogen-bond acceptors (Lipinski definition) is 2. The zero-order valence-electron chi connectivity index (χ0n) is 8.12. The highest BCUT2D eigenvalue weighted by atomic mass is 79.9. The van der Waals surface area contributed by atoms with Crippen LogP contribution in [0.3, 0.4) is 0 Å². The molecule has 0 unspecified atom stereocenters. The Hall–Kier alpha value is -1.42. The third kappa shape index (κ3) is 1.99. The van der Waals surface area contributed by atoms with Gasteiger partial charge in [-0.1, -0.05) is 0 Å². The van der Waals surface area contributed by atoms with E-state index in [1.54, 1.807) is 24.5 Å². The van der Waals surface area contributed by atoms with E-state index in [4.69, 9.17) is 0 Å². The maximum atomic E-state index is 11.5. The van der Waals surface area contributed by atoms with Crippen LogP contribution in [0, 0.1) is 6.92 Å². The van der Waals surface area contributed by atoms with Gasteiger partial charge in [-0.3, -0.25) is 9.78 Å². The van der Waals surface area contributed by atoms with Crippen LogP contribution < -0.4 is 5.56 Å². The molecule has 0 aliphatic carbocycles. The molecule has 0 bridgehead atoms. The lowest BCUT2D eigenvalue weighted by Gasteiger charge is -2.02. The minimum atomic E-state index is -0.119. The third-order valence-electron chi connectivity index (χ3n) is 2.14. The lowest BCUT2D eigenvalue weighted by Crippen LogP contribution is -2.07. The van der Waals surface area contributed by atoms with Gasteiger partial charge < -0.3 is 4.98 Å². The molecular formula is C11H9BrN2O. The lowest BCUT2D eigenvalue weighted by atomic mass is 10.1. The number of nitrogens with one attached hydrogen (secondary N) is 1. The first kappa shape index (κ1) is 10.1. The van der Waals surface area contributed by atoms with Gasteiger partial charge in [0.25, 0.3) is 5.56 Å². The standard InChI is InChI=1S/C11H9BrN2O/c1-7-5-10(14-6-9(7)12)8-3-2-4-13-11(8)15/h2-6H,1H3,(H,13,15). The number of hydrogen-bond donors (Lipinski definition) is 1. The van der Waals surface area contributed by atoms with Crippen molar-refractivity contribution in [2.24, 2.45) is 0 Å². The van der Waals surface area contributed by atoms with Gasteiger partial charge in [0.1, 0.15) is 0 Å². The molecule has 2 aromatic heterocycles. The normalized spacial score (nSPS) is 10.3. The Labute approximate surface area is 95.3 Å². The molecule has 0 radical (unpaired) electrons. The quantitative estimate of drug-likeness (QED) is 0.861. The summed E-state index contributed by atoms with van der Waals surface area (Å²) in [6, 6.07) is 5.43. The summed E-state index contributed by atoms with van der Waals surface area (Å²) in [4.78, 5) is 18.3. The Balaban J connectivity index is 2.60. The van der Waals surface area contributed by atoms with E-state index in [2.05, 4.69) is 25.9 Å². The number of aromatic nitrogens is 2. The minimum Gasteiger partial charge on any atom is -0.329 e. The molecule has 2 heterocycles. The van der Waals surface area contributed by atoms with Crippen LogP contribution in [-0.4, -0.2) is 9.97 Å². The molecule has 0 saturated carbocycles. The van der Waals surface area contributed by atoms with E-state index in [1.165, 1.54) is 0 Å². The van der Waals surface area contributed by atoms with Gasteiger partial charge in [-0.05, 0) is 46.6 Å². The molecule has 2 aromatic rings. The van der Waals surface area contributed by atoms with Crippen molar-refractivity contribution in [2.75, 3.05) is 0 Å². The average molecular weight is 265 g/mol. The molecule has 0 atom stereocenters. The van der Waals surface area contributed by atoms with Crippen molar-refractivity contribution in [3.63, 3.8) is 0 Å². The van der Waals surface area contributed by atoms with E-state index in [0.29, 0.717) is 11.3 Å². The van der Waals surface area contributed by atoms with E-state index >= 15 is 0 Å². The maximum absolute atomic E-state index is 11.5. The SMILES string of the molecule is Cc1cc(-c2ccc[nH]c2=O)ncc1Br. The van der Waals surface area contributed by atoms with E-state index < -0.39 is 0 Å². The summed E-state index contributed by atoms with van der Waals surface area (Å²) < 4.78 is 0.943. The molecule has 4 heteroatoms. The molecule has 3 nitrogen and oxygen atoms in total. The number of nitrogens with zero attached hydrogens (tertiary/aromatic N) is 1. The average Bonchev–Trinajstić information content (AvgIpc) is 2.23. The first-order chi connectivity index (χ1) is 7.18. The molecule has 15 heavy (non-hydrogen) atoms. The van der Waals surface area contributed by atoms with Crippen molar-refractivity contribution in [2.45, 2.75) is 6.92 Å². The van der Waals surface area contributed by atoms with Gasteiger partial charge in [-0.2, -0.15) is 0 Å². The fraction of sp³-hybridized carbons (Fsp3) is 0.0909. The van der Waals surface area contributed by atoms with Gasteiger partial charge >= 0.3 is 0 Å². The van der Waals surface area contributed by atoms with E-state index in [1.807, 2.05) is 13.0 Å². The molecule has 2 rings (SSSR count). The van der Waals surface area contributed by atoms with E-state index in [9.17, 15) is 4.79 Å². The summed E-state index contributed by atoms with van der Waals surface area (Å²) in [6.45, 7) is 1.96. The summed E-state index contributed by atoms with van der Waals surface area (Å²) >= 11 is 3.37. The molecule has 0 spiro atoms. The Bertz CT molecular complexity index is 548. The first-order valence-electron chi connectivity index (χ1n) is 4.48. The number of aromatic amines is 1. The Morgan fingerprint density at radius 2 is 2.27 bits per heavy atom.